The van der Waals surface area contributed by atoms with Gasteiger partial charge in [0, 0.05) is 12.2 Å². The van der Waals surface area contributed by atoms with E-state index in [0.29, 0.717) is 17.2 Å². The van der Waals surface area contributed by atoms with Crippen LogP contribution in [0.2, 0.25) is 0 Å². The topological polar surface area (TPSA) is 75.3 Å². The van der Waals surface area contributed by atoms with Crippen LogP contribution in [0.3, 0.4) is 0 Å². The molecule has 0 atom stereocenters. The summed E-state index contributed by atoms with van der Waals surface area (Å²) in [6.07, 6.45) is 7.96. The maximum Gasteiger partial charge on any atom is 0.262 e. The van der Waals surface area contributed by atoms with E-state index >= 15 is 0 Å². The van der Waals surface area contributed by atoms with Gasteiger partial charge in [-0.25, -0.2) is 8.42 Å². The predicted octanol–water partition coefficient (Wildman–Crippen LogP) is 4.83. The molecule has 0 heterocycles. The molecule has 0 aliphatic heterocycles. The van der Waals surface area contributed by atoms with Crippen LogP contribution in [0, 0.1) is 19.8 Å². The number of rotatable bonds is 7. The molecule has 0 saturated heterocycles. The van der Waals surface area contributed by atoms with Gasteiger partial charge >= 0.3 is 0 Å². The highest BCUT2D eigenvalue weighted by atomic mass is 32.2. The summed E-state index contributed by atoms with van der Waals surface area (Å²) >= 11 is 0. The molecule has 0 radical (unpaired) electrons. The number of benzene rings is 2. The van der Waals surface area contributed by atoms with Crippen LogP contribution in [0.1, 0.15) is 61.6 Å². The zero-order chi connectivity index (χ0) is 22.1. The van der Waals surface area contributed by atoms with Crippen LogP contribution >= 0.6 is 0 Å². The Morgan fingerprint density at radius 2 is 1.68 bits per heavy atom. The predicted molar refractivity (Wildman–Crippen MR) is 124 cm³/mol. The van der Waals surface area contributed by atoms with E-state index in [4.69, 9.17) is 0 Å². The number of nitrogens with one attached hydrogen (secondary N) is 2. The standard InChI is InChI=1S/C25H32N2O3S/c1-18-8-9-19(2)23(16-18)31(29,30)27-22-12-10-21(11-13-22)25(14-15-25)24(28)26-17-20-6-4-3-5-7-20/h8-13,16,20,27H,3-7,14-15,17H2,1-2H3,(H,26,28). The van der Waals surface area contributed by atoms with Gasteiger partial charge in [0.05, 0.1) is 10.3 Å². The molecule has 0 spiro atoms. The summed E-state index contributed by atoms with van der Waals surface area (Å²) in [6, 6.07) is 12.7. The van der Waals surface area contributed by atoms with Crippen LogP contribution in [0.4, 0.5) is 5.69 Å². The van der Waals surface area contributed by atoms with E-state index in [9.17, 15) is 13.2 Å². The molecular formula is C25H32N2O3S. The third-order valence-electron chi connectivity index (χ3n) is 6.78. The van der Waals surface area contributed by atoms with Crippen molar-refractivity contribution in [3.63, 3.8) is 0 Å². The van der Waals surface area contributed by atoms with E-state index in [1.165, 1.54) is 32.1 Å². The maximum absolute atomic E-state index is 12.9. The van der Waals surface area contributed by atoms with Gasteiger partial charge < -0.3 is 5.32 Å². The first-order chi connectivity index (χ1) is 14.8. The number of aryl methyl sites for hydroxylation is 2. The average molecular weight is 441 g/mol. The van der Waals surface area contributed by atoms with Crippen LogP contribution in [-0.4, -0.2) is 20.9 Å². The van der Waals surface area contributed by atoms with Crippen molar-refractivity contribution in [1.29, 1.82) is 0 Å². The summed E-state index contributed by atoms with van der Waals surface area (Å²) < 4.78 is 28.3. The van der Waals surface area contributed by atoms with Gasteiger partial charge in [-0.1, -0.05) is 43.5 Å². The Labute approximate surface area is 185 Å². The van der Waals surface area contributed by atoms with Gasteiger partial charge in [0.1, 0.15) is 0 Å². The Hall–Kier alpha value is -2.34. The molecule has 2 saturated carbocycles. The third-order valence-corrected chi connectivity index (χ3v) is 8.31. The first-order valence-corrected chi connectivity index (χ1v) is 12.8. The largest absolute Gasteiger partial charge is 0.355 e. The van der Waals surface area contributed by atoms with Crippen LogP contribution in [0.5, 0.6) is 0 Å². The molecule has 4 rings (SSSR count). The van der Waals surface area contributed by atoms with E-state index < -0.39 is 15.4 Å². The van der Waals surface area contributed by atoms with Crippen molar-refractivity contribution < 1.29 is 13.2 Å². The molecule has 166 valence electrons. The van der Waals surface area contributed by atoms with Crippen molar-refractivity contribution >= 4 is 21.6 Å². The molecule has 2 N–H and O–H groups in total. The summed E-state index contributed by atoms with van der Waals surface area (Å²) in [6.45, 7) is 4.44. The summed E-state index contributed by atoms with van der Waals surface area (Å²) in [5.41, 5.74) is 2.63. The van der Waals surface area contributed by atoms with Crippen molar-refractivity contribution in [3.05, 3.63) is 59.2 Å². The molecule has 1 amide bonds. The lowest BCUT2D eigenvalue weighted by Gasteiger charge is -2.23. The minimum atomic E-state index is -3.67. The molecule has 2 aliphatic rings. The molecular weight excluding hydrogens is 408 g/mol. The second-order valence-electron chi connectivity index (χ2n) is 9.25. The van der Waals surface area contributed by atoms with Gasteiger partial charge in [-0.3, -0.25) is 9.52 Å². The van der Waals surface area contributed by atoms with E-state index in [1.807, 2.05) is 31.2 Å². The quantitative estimate of drug-likeness (QED) is 0.647. The summed E-state index contributed by atoms with van der Waals surface area (Å²) in [5, 5.41) is 3.19. The minimum absolute atomic E-state index is 0.113. The Balaban J connectivity index is 1.43. The lowest BCUT2D eigenvalue weighted by Crippen LogP contribution is -2.38. The molecule has 2 fully saturated rings. The molecule has 31 heavy (non-hydrogen) atoms. The number of hydrogen-bond donors (Lipinski definition) is 2. The highest BCUT2D eigenvalue weighted by molar-refractivity contribution is 7.92. The zero-order valence-corrected chi connectivity index (χ0v) is 19.2. The molecule has 2 aromatic rings. The van der Waals surface area contributed by atoms with Crippen molar-refractivity contribution in [3.8, 4) is 0 Å². The fourth-order valence-electron chi connectivity index (χ4n) is 4.63. The summed E-state index contributed by atoms with van der Waals surface area (Å²) in [4.78, 5) is 13.2. The van der Waals surface area contributed by atoms with Crippen molar-refractivity contribution in [1.82, 2.24) is 5.32 Å². The van der Waals surface area contributed by atoms with Crippen molar-refractivity contribution in [2.75, 3.05) is 11.3 Å². The minimum Gasteiger partial charge on any atom is -0.355 e. The van der Waals surface area contributed by atoms with Crippen molar-refractivity contribution in [2.24, 2.45) is 5.92 Å². The number of carbonyl (C=O) groups is 1. The number of amides is 1. The van der Waals surface area contributed by atoms with E-state index in [0.717, 1.165) is 30.5 Å². The lowest BCUT2D eigenvalue weighted by molar-refractivity contribution is -0.123. The van der Waals surface area contributed by atoms with Gasteiger partial charge in [-0.2, -0.15) is 0 Å². The van der Waals surface area contributed by atoms with Gasteiger partial charge in [0.25, 0.3) is 10.0 Å². The maximum atomic E-state index is 12.9. The normalized spacial score (nSPS) is 18.4. The monoisotopic (exact) mass is 440 g/mol. The lowest BCUT2D eigenvalue weighted by atomic mass is 9.88. The van der Waals surface area contributed by atoms with Crippen LogP contribution in [-0.2, 0) is 20.2 Å². The Morgan fingerprint density at radius 1 is 1.00 bits per heavy atom. The van der Waals surface area contributed by atoms with Gasteiger partial charge in [-0.15, -0.1) is 0 Å². The number of carbonyl (C=O) groups excluding carboxylic acids is 1. The van der Waals surface area contributed by atoms with Gasteiger partial charge in [0.2, 0.25) is 5.91 Å². The summed E-state index contributed by atoms with van der Waals surface area (Å²) in [7, 11) is -3.67. The molecule has 0 bridgehead atoms. The second kappa shape index (κ2) is 8.65. The third kappa shape index (κ3) is 4.79. The Morgan fingerprint density at radius 3 is 2.32 bits per heavy atom. The Kier molecular flexibility index (Phi) is 6.11. The first kappa shape index (κ1) is 21.9. The highest BCUT2D eigenvalue weighted by Gasteiger charge is 2.51. The first-order valence-electron chi connectivity index (χ1n) is 11.3. The van der Waals surface area contributed by atoms with E-state index in [-0.39, 0.29) is 10.8 Å². The average Bonchev–Trinajstić information content (AvgIpc) is 3.57. The molecule has 2 aliphatic carbocycles. The molecule has 6 heteroatoms. The zero-order valence-electron chi connectivity index (χ0n) is 18.4. The van der Waals surface area contributed by atoms with E-state index in [2.05, 4.69) is 10.0 Å². The summed E-state index contributed by atoms with van der Waals surface area (Å²) in [5.74, 6) is 0.720. The molecule has 2 aromatic carbocycles. The number of sulfonamides is 1. The smallest absolute Gasteiger partial charge is 0.262 e. The van der Waals surface area contributed by atoms with E-state index in [1.54, 1.807) is 25.1 Å². The SMILES string of the molecule is Cc1ccc(C)c(S(=O)(=O)Nc2ccc(C3(C(=O)NCC4CCCCC4)CC3)cc2)c1. The highest BCUT2D eigenvalue weighted by Crippen LogP contribution is 2.48. The molecule has 5 nitrogen and oxygen atoms in total. The van der Waals surface area contributed by atoms with Crippen molar-refractivity contribution in [2.45, 2.75) is 69.1 Å². The van der Waals surface area contributed by atoms with Gasteiger partial charge in [-0.05, 0) is 80.3 Å². The molecule has 0 aromatic heterocycles. The fraction of sp³-hybridized carbons (Fsp3) is 0.480. The van der Waals surface area contributed by atoms with Crippen LogP contribution in [0.25, 0.3) is 0 Å². The van der Waals surface area contributed by atoms with Crippen LogP contribution < -0.4 is 10.0 Å². The fourth-order valence-corrected chi connectivity index (χ4v) is 6.02. The Bertz CT molecular complexity index is 1050. The second-order valence-corrected chi connectivity index (χ2v) is 10.9. The van der Waals surface area contributed by atoms with Gasteiger partial charge in [0.15, 0.2) is 0 Å². The number of anilines is 1. The number of hydrogen-bond acceptors (Lipinski definition) is 3. The molecule has 0 unspecified atom stereocenters. The van der Waals surface area contributed by atoms with Crippen LogP contribution in [0.15, 0.2) is 47.4 Å².